The van der Waals surface area contributed by atoms with Crippen molar-refractivity contribution in [3.8, 4) is 5.75 Å². The molecule has 6 atom stereocenters. The average Bonchev–Trinajstić information content (AvgIpc) is 3.53. The highest BCUT2D eigenvalue weighted by molar-refractivity contribution is 14.1. The van der Waals surface area contributed by atoms with E-state index in [0.29, 0.717) is 16.8 Å². The normalized spacial score (nSPS) is 26.9. The Balaban J connectivity index is 1.57. The Morgan fingerprint density at radius 1 is 0.933 bits per heavy atom. The number of halogens is 1. The Kier molecular flexibility index (Phi) is 7.45. The lowest BCUT2D eigenvalue weighted by molar-refractivity contribution is -0.180. The summed E-state index contributed by atoms with van der Waals surface area (Å²) in [7, 11) is 0. The van der Waals surface area contributed by atoms with Crippen molar-refractivity contribution < 1.29 is 29.0 Å². The van der Waals surface area contributed by atoms with Crippen molar-refractivity contribution in [2.24, 2.45) is 5.92 Å². The number of anilines is 1. The molecule has 45 heavy (non-hydrogen) atoms. The van der Waals surface area contributed by atoms with E-state index in [1.54, 1.807) is 24.3 Å². The standard InChI is InChI=1S/C36H29IN2O6/c1-2-19-44-33(41)28-30-34(42)45-31(22-11-7-4-8-12-22)29(21-9-5-3-6-10-21)39(30)32(23-13-16-25(40)17-14-23)36(28)26-20-24(37)15-18-27(26)38-35(36)43/h2-18,20,28-32,40H,1,19H2,(H,38,43)/t28-,29-,30-,31+,32+,36-/m0/s1. The third-order valence-corrected chi connectivity index (χ3v) is 9.75. The van der Waals surface area contributed by atoms with E-state index in [2.05, 4.69) is 34.5 Å². The van der Waals surface area contributed by atoms with Gasteiger partial charge in [0.2, 0.25) is 5.91 Å². The second-order valence-corrected chi connectivity index (χ2v) is 12.7. The zero-order chi connectivity index (χ0) is 31.3. The number of cyclic esters (lactones) is 1. The van der Waals surface area contributed by atoms with E-state index in [4.69, 9.17) is 9.47 Å². The van der Waals surface area contributed by atoms with Gasteiger partial charge in [0.05, 0.1) is 12.1 Å². The van der Waals surface area contributed by atoms with E-state index in [1.807, 2.05) is 83.8 Å². The van der Waals surface area contributed by atoms with Crippen LogP contribution >= 0.6 is 22.6 Å². The van der Waals surface area contributed by atoms with E-state index >= 15 is 0 Å². The maximum absolute atomic E-state index is 14.7. The van der Waals surface area contributed by atoms with E-state index in [-0.39, 0.29) is 12.4 Å². The van der Waals surface area contributed by atoms with Gasteiger partial charge in [-0.1, -0.05) is 85.5 Å². The van der Waals surface area contributed by atoms with Crippen LogP contribution in [-0.4, -0.2) is 40.5 Å². The summed E-state index contributed by atoms with van der Waals surface area (Å²) in [6, 6.07) is 28.7. The maximum Gasteiger partial charge on any atom is 0.325 e. The summed E-state index contributed by atoms with van der Waals surface area (Å²) in [4.78, 5) is 45.4. The molecule has 0 radical (unpaired) electrons. The summed E-state index contributed by atoms with van der Waals surface area (Å²) in [6.07, 6.45) is 0.703. The number of hydrogen-bond donors (Lipinski definition) is 2. The smallest absolute Gasteiger partial charge is 0.325 e. The number of benzene rings is 4. The van der Waals surface area contributed by atoms with Crippen LogP contribution in [0.3, 0.4) is 0 Å². The zero-order valence-corrected chi connectivity index (χ0v) is 26.2. The van der Waals surface area contributed by atoms with Gasteiger partial charge < -0.3 is 19.9 Å². The SMILES string of the molecule is C=CCOC(=O)[C@@H]1[C@H]2C(=O)O[C@H](c3ccccc3)[C@H](c3ccccc3)N2[C@H](c2ccc(O)cc2)[C@@]12C(=O)Nc1ccc(I)cc12. The summed E-state index contributed by atoms with van der Waals surface area (Å²) in [5.41, 5.74) is 1.86. The number of ether oxygens (including phenoxy) is 2. The Labute approximate surface area is 273 Å². The van der Waals surface area contributed by atoms with Crippen LogP contribution in [0.15, 0.2) is 116 Å². The molecule has 2 saturated heterocycles. The largest absolute Gasteiger partial charge is 0.508 e. The molecular weight excluding hydrogens is 683 g/mol. The van der Waals surface area contributed by atoms with Crippen molar-refractivity contribution in [1.29, 1.82) is 0 Å². The number of carbonyl (C=O) groups is 3. The van der Waals surface area contributed by atoms with Crippen LogP contribution in [0.5, 0.6) is 5.75 Å². The van der Waals surface area contributed by atoms with Gasteiger partial charge in [-0.25, -0.2) is 0 Å². The summed E-state index contributed by atoms with van der Waals surface area (Å²) >= 11 is 2.19. The molecule has 0 bridgehead atoms. The Morgan fingerprint density at radius 2 is 1.60 bits per heavy atom. The molecule has 8 nitrogen and oxygen atoms in total. The van der Waals surface area contributed by atoms with Crippen molar-refractivity contribution in [2.75, 3.05) is 11.9 Å². The van der Waals surface area contributed by atoms with Crippen molar-refractivity contribution in [3.05, 3.63) is 142 Å². The monoisotopic (exact) mass is 712 g/mol. The number of hydrogen-bond acceptors (Lipinski definition) is 7. The lowest BCUT2D eigenvalue weighted by atomic mass is 9.65. The van der Waals surface area contributed by atoms with Crippen LogP contribution in [0, 0.1) is 9.49 Å². The van der Waals surface area contributed by atoms with Gasteiger partial charge in [0.1, 0.15) is 35.8 Å². The first-order valence-corrected chi connectivity index (χ1v) is 15.7. The number of amides is 1. The molecule has 4 aromatic rings. The van der Waals surface area contributed by atoms with E-state index < -0.39 is 53.4 Å². The van der Waals surface area contributed by atoms with Crippen molar-refractivity contribution >= 4 is 46.1 Å². The minimum absolute atomic E-state index is 0.0509. The highest BCUT2D eigenvalue weighted by Crippen LogP contribution is 2.65. The molecule has 0 aliphatic carbocycles. The molecule has 9 heteroatoms. The fourth-order valence-corrected chi connectivity index (χ4v) is 7.91. The minimum atomic E-state index is -1.59. The Bertz CT molecular complexity index is 1800. The van der Waals surface area contributed by atoms with Crippen LogP contribution in [0.25, 0.3) is 0 Å². The summed E-state index contributed by atoms with van der Waals surface area (Å²) in [5.74, 6) is -2.96. The first kappa shape index (κ1) is 29.2. The molecule has 1 spiro atoms. The maximum atomic E-state index is 14.7. The van der Waals surface area contributed by atoms with Crippen LogP contribution in [0.2, 0.25) is 0 Å². The molecule has 2 N–H and O–H groups in total. The molecule has 7 rings (SSSR count). The van der Waals surface area contributed by atoms with Crippen molar-refractivity contribution in [2.45, 2.75) is 29.6 Å². The molecule has 226 valence electrons. The van der Waals surface area contributed by atoms with Crippen LogP contribution in [0.1, 0.15) is 40.4 Å². The zero-order valence-electron chi connectivity index (χ0n) is 24.0. The lowest BCUT2D eigenvalue weighted by Crippen LogP contribution is -2.52. The van der Waals surface area contributed by atoms with Gasteiger partial charge in [0.25, 0.3) is 0 Å². The van der Waals surface area contributed by atoms with Gasteiger partial charge in [-0.05, 0) is 75.2 Å². The third-order valence-electron chi connectivity index (χ3n) is 9.08. The number of carbonyl (C=O) groups excluding carboxylic acids is 3. The molecule has 0 saturated carbocycles. The highest BCUT2D eigenvalue weighted by atomic mass is 127. The molecular formula is C36H29IN2O6. The first-order chi connectivity index (χ1) is 21.9. The van der Waals surface area contributed by atoms with E-state index in [1.165, 1.54) is 6.08 Å². The summed E-state index contributed by atoms with van der Waals surface area (Å²) in [5, 5.41) is 13.3. The second-order valence-electron chi connectivity index (χ2n) is 11.4. The van der Waals surface area contributed by atoms with Gasteiger partial charge >= 0.3 is 11.9 Å². The summed E-state index contributed by atoms with van der Waals surface area (Å²) in [6.45, 7) is 3.60. The topological polar surface area (TPSA) is 105 Å². The predicted molar refractivity (Wildman–Crippen MR) is 175 cm³/mol. The third kappa shape index (κ3) is 4.55. The molecule has 2 fully saturated rings. The van der Waals surface area contributed by atoms with Crippen LogP contribution < -0.4 is 5.32 Å². The fraction of sp³-hybridized carbons (Fsp3) is 0.194. The quantitative estimate of drug-likeness (QED) is 0.144. The van der Waals surface area contributed by atoms with Crippen LogP contribution in [0.4, 0.5) is 5.69 Å². The lowest BCUT2D eigenvalue weighted by Gasteiger charge is -2.46. The van der Waals surface area contributed by atoms with Gasteiger partial charge in [-0.2, -0.15) is 0 Å². The van der Waals surface area contributed by atoms with Gasteiger partial charge in [-0.3, -0.25) is 19.3 Å². The number of nitrogens with one attached hydrogen (secondary N) is 1. The van der Waals surface area contributed by atoms with Gasteiger partial charge in [0, 0.05) is 9.26 Å². The molecule has 0 aromatic heterocycles. The highest BCUT2D eigenvalue weighted by Gasteiger charge is 2.74. The second kappa shape index (κ2) is 11.5. The van der Waals surface area contributed by atoms with E-state index in [9.17, 15) is 19.5 Å². The Morgan fingerprint density at radius 3 is 2.27 bits per heavy atom. The van der Waals surface area contributed by atoms with Gasteiger partial charge in [-0.15, -0.1) is 0 Å². The number of aromatic hydroxyl groups is 1. The number of phenolic OH excluding ortho intramolecular Hbond substituents is 1. The van der Waals surface area contributed by atoms with Gasteiger partial charge in [0.15, 0.2) is 0 Å². The Hall–Kier alpha value is -4.48. The predicted octanol–water partition coefficient (Wildman–Crippen LogP) is 6.00. The minimum Gasteiger partial charge on any atom is -0.508 e. The number of fused-ring (bicyclic) bond motifs is 3. The van der Waals surface area contributed by atoms with Crippen molar-refractivity contribution in [3.63, 3.8) is 0 Å². The molecule has 4 aromatic carbocycles. The number of phenols is 1. The number of morpholine rings is 1. The van der Waals surface area contributed by atoms with Crippen LogP contribution in [-0.2, 0) is 29.3 Å². The fourth-order valence-electron chi connectivity index (χ4n) is 7.42. The molecule has 0 unspecified atom stereocenters. The van der Waals surface area contributed by atoms with E-state index in [0.717, 1.165) is 14.7 Å². The number of esters is 2. The average molecular weight is 713 g/mol. The first-order valence-electron chi connectivity index (χ1n) is 14.6. The van der Waals surface area contributed by atoms with Crippen molar-refractivity contribution in [1.82, 2.24) is 4.90 Å². The molecule has 1 amide bonds. The number of rotatable bonds is 6. The molecule has 3 aliphatic heterocycles. The molecule has 3 heterocycles. The molecule has 3 aliphatic rings. The summed E-state index contributed by atoms with van der Waals surface area (Å²) < 4.78 is 12.9. The number of nitrogens with zero attached hydrogens (tertiary/aromatic N) is 1.